The maximum absolute atomic E-state index is 12.7. The van der Waals surface area contributed by atoms with E-state index >= 15 is 0 Å². The molecule has 2 aromatic rings. The van der Waals surface area contributed by atoms with Crippen LogP contribution in [-0.2, 0) is 0 Å². The van der Waals surface area contributed by atoms with E-state index in [1.165, 1.54) is 31.5 Å². The van der Waals surface area contributed by atoms with Gasteiger partial charge in [-0.1, -0.05) is 17.7 Å². The molecule has 23 heavy (non-hydrogen) atoms. The molecule has 0 amide bonds. The fourth-order valence-corrected chi connectivity index (χ4v) is 2.05. The second kappa shape index (κ2) is 6.54. The largest absolute Gasteiger partial charge is 0.395 e. The topological polar surface area (TPSA) is 64.9 Å². The number of halogens is 4. The van der Waals surface area contributed by atoms with E-state index in [9.17, 15) is 13.2 Å². The zero-order valence-corrected chi connectivity index (χ0v) is 13.1. The number of H-pyrrole nitrogens is 1. The molecule has 1 atom stereocenters. The van der Waals surface area contributed by atoms with Crippen LogP contribution in [0.2, 0.25) is 5.02 Å². The molecule has 0 aliphatic carbocycles. The fraction of sp³-hybridized carbons (Fsp3) is 0.267. The molecule has 0 aromatic carbocycles. The maximum atomic E-state index is 12.7. The minimum Gasteiger partial charge on any atom is -0.351 e. The third-order valence-electron chi connectivity index (χ3n) is 3.24. The number of aromatic nitrogens is 2. The number of rotatable bonds is 3. The summed E-state index contributed by atoms with van der Waals surface area (Å²) >= 11 is 6.05. The molecule has 4 nitrogen and oxygen atoms in total. The van der Waals surface area contributed by atoms with Gasteiger partial charge in [-0.2, -0.15) is 13.2 Å². The van der Waals surface area contributed by atoms with Gasteiger partial charge in [0.25, 0.3) is 0 Å². The first-order chi connectivity index (χ1) is 10.7. The summed E-state index contributed by atoms with van der Waals surface area (Å²) in [5.74, 6) is -1.45. The average Bonchev–Trinajstić information content (AvgIpc) is 2.84. The van der Waals surface area contributed by atoms with Crippen LogP contribution >= 0.6 is 11.6 Å². The summed E-state index contributed by atoms with van der Waals surface area (Å²) in [6.45, 7) is 2.62. The van der Waals surface area contributed by atoms with Crippen LogP contribution in [-0.4, -0.2) is 28.2 Å². The van der Waals surface area contributed by atoms with Gasteiger partial charge in [-0.05, 0) is 31.5 Å². The molecule has 8 heteroatoms. The average molecular weight is 343 g/mol. The van der Waals surface area contributed by atoms with E-state index in [1.807, 2.05) is 0 Å². The summed E-state index contributed by atoms with van der Waals surface area (Å²) in [7, 11) is 0. The summed E-state index contributed by atoms with van der Waals surface area (Å²) in [5, 5.41) is 7.63. The number of nitrogens with zero attached hydrogens (tertiary/aromatic N) is 2. The Morgan fingerprint density at radius 2 is 2.13 bits per heavy atom. The lowest BCUT2D eigenvalue weighted by atomic mass is 10.0. The van der Waals surface area contributed by atoms with Gasteiger partial charge in [0.1, 0.15) is 5.84 Å². The molecule has 0 bridgehead atoms. The molecular weight excluding hydrogens is 329 g/mol. The van der Waals surface area contributed by atoms with Crippen LogP contribution in [0.3, 0.4) is 0 Å². The molecule has 2 N–H and O–H groups in total. The number of amidine groups is 1. The van der Waals surface area contributed by atoms with Crippen LogP contribution in [0.1, 0.15) is 31.0 Å². The van der Waals surface area contributed by atoms with Crippen molar-refractivity contribution < 1.29 is 13.2 Å². The molecule has 0 spiro atoms. The van der Waals surface area contributed by atoms with Crippen LogP contribution in [0, 0.1) is 5.41 Å². The number of pyridine rings is 1. The minimum absolute atomic E-state index is 0.0973. The Bertz CT molecular complexity index is 732. The van der Waals surface area contributed by atoms with Gasteiger partial charge < -0.3 is 4.98 Å². The lowest BCUT2D eigenvalue weighted by Crippen LogP contribution is -2.17. The molecule has 2 rings (SSSR count). The molecule has 122 valence electrons. The van der Waals surface area contributed by atoms with Gasteiger partial charge in [-0.25, -0.2) is 4.99 Å². The SMILES string of the molecule is CC(=N)/N=C\c1[nH]c(-c2ccc([C@H](C)C(F)(F)F)cn2)cc1Cl. The summed E-state index contributed by atoms with van der Waals surface area (Å²) in [5.41, 5.74) is 1.63. The molecule has 0 saturated heterocycles. The van der Waals surface area contributed by atoms with Crippen molar-refractivity contribution in [2.75, 3.05) is 0 Å². The van der Waals surface area contributed by atoms with Crippen LogP contribution < -0.4 is 0 Å². The molecule has 0 aliphatic rings. The highest BCUT2D eigenvalue weighted by Gasteiger charge is 2.37. The van der Waals surface area contributed by atoms with Gasteiger partial charge in [0, 0.05) is 6.20 Å². The summed E-state index contributed by atoms with van der Waals surface area (Å²) < 4.78 is 38.0. The maximum Gasteiger partial charge on any atom is 0.395 e. The zero-order chi connectivity index (χ0) is 17.2. The van der Waals surface area contributed by atoms with Gasteiger partial charge in [0.15, 0.2) is 0 Å². The van der Waals surface area contributed by atoms with Gasteiger partial charge in [-0.15, -0.1) is 0 Å². The molecule has 0 radical (unpaired) electrons. The monoisotopic (exact) mass is 342 g/mol. The molecule has 0 saturated carbocycles. The Kier molecular flexibility index (Phi) is 4.89. The predicted molar refractivity (Wildman–Crippen MR) is 84.5 cm³/mol. The fourth-order valence-electron chi connectivity index (χ4n) is 1.85. The highest BCUT2D eigenvalue weighted by Crippen LogP contribution is 2.34. The predicted octanol–water partition coefficient (Wildman–Crippen LogP) is 4.81. The summed E-state index contributed by atoms with van der Waals surface area (Å²) in [6, 6.07) is 4.50. The lowest BCUT2D eigenvalue weighted by Gasteiger charge is -2.15. The molecule has 0 fully saturated rings. The van der Waals surface area contributed by atoms with Crippen molar-refractivity contribution in [2.45, 2.75) is 25.9 Å². The summed E-state index contributed by atoms with van der Waals surface area (Å²) in [4.78, 5) is 10.9. The first-order valence-electron chi connectivity index (χ1n) is 6.69. The molecule has 0 unspecified atom stereocenters. The van der Waals surface area contributed by atoms with Gasteiger partial charge >= 0.3 is 6.18 Å². The van der Waals surface area contributed by atoms with Crippen molar-refractivity contribution in [3.63, 3.8) is 0 Å². The number of aromatic amines is 1. The first kappa shape index (κ1) is 17.2. The Morgan fingerprint density at radius 1 is 1.43 bits per heavy atom. The second-order valence-electron chi connectivity index (χ2n) is 5.03. The Labute approximate surface area is 135 Å². The Balaban J connectivity index is 2.27. The third kappa shape index (κ3) is 4.19. The van der Waals surface area contributed by atoms with Crippen molar-refractivity contribution in [1.29, 1.82) is 5.41 Å². The van der Waals surface area contributed by atoms with Crippen LogP contribution in [0.5, 0.6) is 0 Å². The van der Waals surface area contributed by atoms with Crippen molar-refractivity contribution in [3.05, 3.63) is 40.7 Å². The molecule has 2 heterocycles. The number of hydrogen-bond acceptors (Lipinski definition) is 2. The van der Waals surface area contributed by atoms with Crippen LogP contribution in [0.4, 0.5) is 13.2 Å². The van der Waals surface area contributed by atoms with Crippen molar-refractivity contribution in [3.8, 4) is 11.4 Å². The molecule has 0 aliphatic heterocycles. The van der Waals surface area contributed by atoms with E-state index in [4.69, 9.17) is 17.0 Å². The van der Waals surface area contributed by atoms with E-state index in [2.05, 4.69) is 15.0 Å². The van der Waals surface area contributed by atoms with E-state index in [0.29, 0.717) is 22.1 Å². The van der Waals surface area contributed by atoms with E-state index < -0.39 is 12.1 Å². The van der Waals surface area contributed by atoms with Crippen molar-refractivity contribution in [2.24, 2.45) is 4.99 Å². The minimum atomic E-state index is -4.30. The molecule has 2 aromatic heterocycles. The van der Waals surface area contributed by atoms with Crippen molar-refractivity contribution >= 4 is 23.7 Å². The summed E-state index contributed by atoms with van der Waals surface area (Å²) in [6.07, 6.45) is -1.68. The van der Waals surface area contributed by atoms with Crippen LogP contribution in [0.25, 0.3) is 11.4 Å². The Morgan fingerprint density at radius 3 is 2.65 bits per heavy atom. The van der Waals surface area contributed by atoms with E-state index in [1.54, 1.807) is 6.07 Å². The number of hydrogen-bond donors (Lipinski definition) is 2. The Hall–Kier alpha value is -2.15. The smallest absolute Gasteiger partial charge is 0.351 e. The standard InChI is InChI=1S/C15H14ClF3N4/c1-8(15(17,18)19)10-3-4-12(22-6-10)13-5-11(16)14(23-13)7-21-9(2)20/h3-8,20,23H,1-2H3/b20-9?,21-7-/t8-/m0/s1. The number of aliphatic imine (C=N–C) groups is 1. The number of nitrogens with one attached hydrogen (secondary N) is 2. The zero-order valence-electron chi connectivity index (χ0n) is 12.4. The van der Waals surface area contributed by atoms with E-state index in [0.717, 1.165) is 6.92 Å². The van der Waals surface area contributed by atoms with E-state index in [-0.39, 0.29) is 11.4 Å². The highest BCUT2D eigenvalue weighted by molar-refractivity contribution is 6.33. The first-order valence-corrected chi connectivity index (χ1v) is 7.07. The normalized spacial score (nSPS) is 13.5. The second-order valence-corrected chi connectivity index (χ2v) is 5.44. The highest BCUT2D eigenvalue weighted by atomic mass is 35.5. The number of alkyl halides is 3. The third-order valence-corrected chi connectivity index (χ3v) is 3.55. The molecular formula is C15H14ClF3N4. The quantitative estimate of drug-likeness (QED) is 0.610. The lowest BCUT2D eigenvalue weighted by molar-refractivity contribution is -0.146. The van der Waals surface area contributed by atoms with Gasteiger partial charge in [0.2, 0.25) is 0 Å². The van der Waals surface area contributed by atoms with Gasteiger partial charge in [-0.3, -0.25) is 10.4 Å². The van der Waals surface area contributed by atoms with Gasteiger partial charge in [0.05, 0.1) is 34.2 Å². The van der Waals surface area contributed by atoms with Crippen LogP contribution in [0.15, 0.2) is 29.4 Å². The van der Waals surface area contributed by atoms with Crippen molar-refractivity contribution in [1.82, 2.24) is 9.97 Å².